The first-order valence-electron chi connectivity index (χ1n) is 9.68. The van der Waals surface area contributed by atoms with Gasteiger partial charge in [0.25, 0.3) is 5.92 Å². The van der Waals surface area contributed by atoms with E-state index in [2.05, 4.69) is 4.90 Å². The molecule has 2 N–H and O–H groups in total. The molecule has 0 saturated carbocycles. The van der Waals surface area contributed by atoms with Crippen molar-refractivity contribution in [3.05, 3.63) is 0 Å². The van der Waals surface area contributed by atoms with Crippen LogP contribution in [-0.2, 0) is 9.53 Å². The van der Waals surface area contributed by atoms with Crippen molar-refractivity contribution in [1.29, 1.82) is 0 Å². The summed E-state index contributed by atoms with van der Waals surface area (Å²) in [6.45, 7) is 7.27. The third-order valence-corrected chi connectivity index (χ3v) is 4.53. The Hall–Kier alpha value is -0.750. The van der Waals surface area contributed by atoms with Crippen LogP contribution >= 0.6 is 0 Å². The van der Waals surface area contributed by atoms with Crippen LogP contribution < -0.4 is 5.73 Å². The van der Waals surface area contributed by atoms with Crippen molar-refractivity contribution in [2.75, 3.05) is 19.6 Å². The number of carbonyl (C=O) groups excluding carboxylic acids is 1. The summed E-state index contributed by atoms with van der Waals surface area (Å²) < 4.78 is 31.9. The number of rotatable bonds is 10. The van der Waals surface area contributed by atoms with Crippen molar-refractivity contribution in [3.63, 3.8) is 0 Å². The number of alkyl halides is 2. The summed E-state index contributed by atoms with van der Waals surface area (Å²) in [4.78, 5) is 13.6. The van der Waals surface area contributed by atoms with Crippen molar-refractivity contribution >= 4 is 5.97 Å². The number of carbonyl (C=O) groups is 1. The molecule has 4 nitrogen and oxygen atoms in total. The molecule has 1 saturated heterocycles. The van der Waals surface area contributed by atoms with Crippen LogP contribution in [0.1, 0.15) is 78.6 Å². The lowest BCUT2D eigenvalue weighted by molar-refractivity contribution is -0.154. The molecule has 148 valence electrons. The van der Waals surface area contributed by atoms with E-state index < -0.39 is 17.6 Å². The lowest BCUT2D eigenvalue weighted by Gasteiger charge is -2.36. The maximum absolute atomic E-state index is 13.3. The van der Waals surface area contributed by atoms with Gasteiger partial charge < -0.3 is 15.4 Å². The number of nitrogens with two attached hydrogens (primary N) is 1. The molecule has 0 radical (unpaired) electrons. The highest BCUT2D eigenvalue weighted by molar-refractivity contribution is 5.69. The molecule has 25 heavy (non-hydrogen) atoms. The van der Waals surface area contributed by atoms with E-state index >= 15 is 0 Å². The van der Waals surface area contributed by atoms with Crippen LogP contribution in [0.15, 0.2) is 0 Å². The summed E-state index contributed by atoms with van der Waals surface area (Å²) in [5.74, 6) is -2.81. The van der Waals surface area contributed by atoms with Crippen LogP contribution in [0.5, 0.6) is 0 Å². The Labute approximate surface area is 151 Å². The zero-order valence-corrected chi connectivity index (χ0v) is 16.2. The van der Waals surface area contributed by atoms with E-state index in [1.165, 1.54) is 0 Å². The minimum atomic E-state index is -2.70. The lowest BCUT2D eigenvalue weighted by atomic mass is 10.0. The maximum atomic E-state index is 13.3. The number of hydrogen-bond acceptors (Lipinski definition) is 4. The fourth-order valence-electron chi connectivity index (χ4n) is 3.08. The van der Waals surface area contributed by atoms with E-state index in [0.717, 1.165) is 51.5 Å². The Morgan fingerprint density at radius 3 is 2.24 bits per heavy atom. The predicted octanol–water partition coefficient (Wildman–Crippen LogP) is 4.12. The molecule has 0 aliphatic carbocycles. The molecule has 1 atom stereocenters. The molecule has 0 spiro atoms. The highest BCUT2D eigenvalue weighted by Gasteiger charge is 2.41. The van der Waals surface area contributed by atoms with Gasteiger partial charge in [0.1, 0.15) is 5.60 Å². The third-order valence-electron chi connectivity index (χ3n) is 4.53. The Balaban J connectivity index is 1.92. The second kappa shape index (κ2) is 10.4. The normalized spacial score (nSPS) is 21.3. The van der Waals surface area contributed by atoms with Crippen LogP contribution in [0.2, 0.25) is 0 Å². The average molecular weight is 363 g/mol. The summed E-state index contributed by atoms with van der Waals surface area (Å²) in [6, 6.07) is -1.02. The zero-order chi connectivity index (χ0) is 18.9. The van der Waals surface area contributed by atoms with Gasteiger partial charge in [0.2, 0.25) is 0 Å². The van der Waals surface area contributed by atoms with Crippen molar-refractivity contribution in [2.24, 2.45) is 5.73 Å². The topological polar surface area (TPSA) is 55.6 Å². The highest BCUT2D eigenvalue weighted by atomic mass is 19.3. The van der Waals surface area contributed by atoms with Gasteiger partial charge in [0.05, 0.1) is 6.04 Å². The molecule has 0 aromatic rings. The summed E-state index contributed by atoms with van der Waals surface area (Å²) in [5.41, 5.74) is 5.13. The first-order chi connectivity index (χ1) is 11.6. The van der Waals surface area contributed by atoms with Crippen molar-refractivity contribution < 1.29 is 18.3 Å². The van der Waals surface area contributed by atoms with Crippen molar-refractivity contribution in [3.8, 4) is 0 Å². The van der Waals surface area contributed by atoms with E-state index in [9.17, 15) is 13.6 Å². The summed E-state index contributed by atoms with van der Waals surface area (Å²) in [7, 11) is 0. The first-order valence-corrected chi connectivity index (χ1v) is 9.68. The van der Waals surface area contributed by atoms with Gasteiger partial charge >= 0.3 is 5.97 Å². The smallest absolute Gasteiger partial charge is 0.306 e. The molecule has 0 bridgehead atoms. The Morgan fingerprint density at radius 1 is 1.12 bits per heavy atom. The fraction of sp³-hybridized carbons (Fsp3) is 0.947. The molecule has 6 heteroatoms. The van der Waals surface area contributed by atoms with E-state index in [1.54, 1.807) is 0 Å². The van der Waals surface area contributed by atoms with Gasteiger partial charge in [-0.05, 0) is 40.2 Å². The number of halogens is 2. The highest BCUT2D eigenvalue weighted by Crippen LogP contribution is 2.27. The van der Waals surface area contributed by atoms with Gasteiger partial charge in [0.15, 0.2) is 0 Å². The molecule has 1 rings (SSSR count). The molecule has 1 aliphatic heterocycles. The number of piperidine rings is 1. The van der Waals surface area contributed by atoms with Crippen LogP contribution in [0.3, 0.4) is 0 Å². The molecule has 1 unspecified atom stereocenters. The summed E-state index contributed by atoms with van der Waals surface area (Å²) in [6.07, 6.45) is 7.91. The van der Waals surface area contributed by atoms with Crippen LogP contribution in [0.25, 0.3) is 0 Å². The molecular formula is C19H36F2N2O2. The van der Waals surface area contributed by atoms with Gasteiger partial charge in [0, 0.05) is 25.9 Å². The van der Waals surface area contributed by atoms with E-state index in [0.29, 0.717) is 19.5 Å². The molecule has 0 aromatic carbocycles. The Kier molecular flexibility index (Phi) is 9.28. The zero-order valence-electron chi connectivity index (χ0n) is 16.2. The molecule has 1 fully saturated rings. The number of nitrogens with zero attached hydrogens (tertiary/aromatic N) is 1. The average Bonchev–Trinajstić information content (AvgIpc) is 2.47. The van der Waals surface area contributed by atoms with Gasteiger partial charge in [-0.25, -0.2) is 8.78 Å². The molecule has 1 aliphatic rings. The number of esters is 1. The lowest BCUT2D eigenvalue weighted by Crippen LogP contribution is -2.55. The summed E-state index contributed by atoms with van der Waals surface area (Å²) in [5, 5.41) is 0. The standard InChI is InChI=1S/C19H36F2N2O2/c1-18(2,3)25-17(24)11-9-7-5-4-6-8-10-13-23-14-12-19(20,21)16(22)15-23/h16H,4-15,22H2,1-3H3. The maximum Gasteiger partial charge on any atom is 0.306 e. The fourth-order valence-corrected chi connectivity index (χ4v) is 3.08. The molecule has 0 amide bonds. The number of likely N-dealkylation sites (tertiary alicyclic amines) is 1. The van der Waals surface area contributed by atoms with Crippen molar-refractivity contribution in [2.45, 2.75) is 96.1 Å². The van der Waals surface area contributed by atoms with Gasteiger partial charge in [-0.2, -0.15) is 0 Å². The van der Waals surface area contributed by atoms with E-state index in [4.69, 9.17) is 10.5 Å². The molecular weight excluding hydrogens is 326 g/mol. The Morgan fingerprint density at radius 2 is 1.68 bits per heavy atom. The molecule has 1 heterocycles. The molecule has 0 aromatic heterocycles. The Bertz CT molecular complexity index is 397. The number of hydrogen-bond donors (Lipinski definition) is 1. The number of unbranched alkanes of at least 4 members (excludes halogenated alkanes) is 6. The van der Waals surface area contributed by atoms with Crippen LogP contribution in [-0.4, -0.2) is 48.1 Å². The van der Waals surface area contributed by atoms with Gasteiger partial charge in [-0.1, -0.05) is 32.1 Å². The monoisotopic (exact) mass is 362 g/mol. The van der Waals surface area contributed by atoms with Crippen molar-refractivity contribution in [1.82, 2.24) is 4.90 Å². The summed E-state index contributed by atoms with van der Waals surface area (Å²) >= 11 is 0. The van der Waals surface area contributed by atoms with Gasteiger partial charge in [-0.15, -0.1) is 0 Å². The minimum Gasteiger partial charge on any atom is -0.460 e. The quantitative estimate of drug-likeness (QED) is 0.469. The third kappa shape index (κ3) is 10.1. The SMILES string of the molecule is CC(C)(C)OC(=O)CCCCCCCCCN1CCC(F)(F)C(N)C1. The van der Waals surface area contributed by atoms with Crippen LogP contribution in [0, 0.1) is 0 Å². The van der Waals surface area contributed by atoms with Gasteiger partial charge in [-0.3, -0.25) is 4.79 Å². The minimum absolute atomic E-state index is 0.113. The van der Waals surface area contributed by atoms with E-state index in [1.807, 2.05) is 20.8 Å². The second-order valence-electron chi connectivity index (χ2n) is 8.23. The second-order valence-corrected chi connectivity index (χ2v) is 8.23. The van der Waals surface area contributed by atoms with Crippen LogP contribution in [0.4, 0.5) is 8.78 Å². The first kappa shape index (κ1) is 22.3. The largest absolute Gasteiger partial charge is 0.460 e. The van der Waals surface area contributed by atoms with E-state index in [-0.39, 0.29) is 12.4 Å². The number of ether oxygens (including phenoxy) is 1. The predicted molar refractivity (Wildman–Crippen MR) is 96.8 cm³/mol.